The maximum atomic E-state index is 12.8. The van der Waals surface area contributed by atoms with E-state index < -0.39 is 6.04 Å². The molecule has 2 aromatic carbocycles. The molecule has 152 valence electrons. The van der Waals surface area contributed by atoms with Crippen LogP contribution in [0.1, 0.15) is 18.4 Å². The lowest BCUT2D eigenvalue weighted by atomic mass is 10.1. The fourth-order valence-electron chi connectivity index (χ4n) is 3.70. The molecule has 2 aliphatic heterocycles. The van der Waals surface area contributed by atoms with E-state index in [0.717, 1.165) is 19.4 Å². The molecule has 4 rings (SSSR count). The Morgan fingerprint density at radius 2 is 1.93 bits per heavy atom. The zero-order valence-corrected chi connectivity index (χ0v) is 16.3. The van der Waals surface area contributed by atoms with E-state index in [1.54, 1.807) is 17.0 Å². The highest BCUT2D eigenvalue weighted by Gasteiger charge is 2.30. The van der Waals surface area contributed by atoms with Crippen LogP contribution in [-0.4, -0.2) is 48.6 Å². The molecule has 1 fully saturated rings. The van der Waals surface area contributed by atoms with Gasteiger partial charge < -0.3 is 25.6 Å². The summed E-state index contributed by atoms with van der Waals surface area (Å²) < 4.78 is 5.70. The summed E-state index contributed by atoms with van der Waals surface area (Å²) in [5.74, 6) is 0.347. The number of ether oxygens (including phenoxy) is 1. The number of rotatable bonds is 4. The summed E-state index contributed by atoms with van der Waals surface area (Å²) in [6, 6.07) is 16.8. The quantitative estimate of drug-likeness (QED) is 0.743. The number of carbonyl (C=O) groups excluding carboxylic acids is 2. The molecule has 7 heteroatoms. The number of hydrogen-bond donors (Lipinski definition) is 3. The molecule has 3 N–H and O–H groups in total. The minimum absolute atomic E-state index is 0.109. The molecule has 1 saturated heterocycles. The molecule has 1 unspecified atom stereocenters. The first-order valence-corrected chi connectivity index (χ1v) is 10.0. The highest BCUT2D eigenvalue weighted by Crippen LogP contribution is 2.26. The van der Waals surface area contributed by atoms with Crippen molar-refractivity contribution in [3.8, 4) is 5.75 Å². The molecule has 3 amide bonds. The molecule has 2 aliphatic rings. The van der Waals surface area contributed by atoms with Crippen LogP contribution in [0.2, 0.25) is 0 Å². The molecule has 2 heterocycles. The zero-order chi connectivity index (χ0) is 20.1. The molecular formula is C22H26N4O3. The van der Waals surface area contributed by atoms with Gasteiger partial charge in [-0.25, -0.2) is 4.79 Å². The minimum atomic E-state index is -0.729. The number of piperidine rings is 1. The molecule has 2 aromatic rings. The average Bonchev–Trinajstić information content (AvgIpc) is 2.92. The van der Waals surface area contributed by atoms with Gasteiger partial charge in [0.25, 0.3) is 5.91 Å². The van der Waals surface area contributed by atoms with Gasteiger partial charge in [0.05, 0.1) is 5.69 Å². The number of nitrogens with one attached hydrogen (secondary N) is 3. The summed E-state index contributed by atoms with van der Waals surface area (Å²) in [6.45, 7) is 2.19. The Labute approximate surface area is 170 Å². The Kier molecular flexibility index (Phi) is 5.95. The Morgan fingerprint density at radius 1 is 1.14 bits per heavy atom. The van der Waals surface area contributed by atoms with Crippen molar-refractivity contribution in [2.45, 2.75) is 31.5 Å². The van der Waals surface area contributed by atoms with Gasteiger partial charge in [-0.2, -0.15) is 0 Å². The van der Waals surface area contributed by atoms with Gasteiger partial charge in [-0.1, -0.05) is 42.5 Å². The Balaban J connectivity index is 1.30. The van der Waals surface area contributed by atoms with E-state index in [1.807, 2.05) is 30.3 Å². The van der Waals surface area contributed by atoms with E-state index in [1.165, 1.54) is 5.56 Å². The number of amides is 3. The second-order valence-corrected chi connectivity index (χ2v) is 7.45. The fraction of sp³-hybridized carbons (Fsp3) is 0.364. The molecule has 2 atom stereocenters. The predicted molar refractivity (Wildman–Crippen MR) is 111 cm³/mol. The lowest BCUT2D eigenvalue weighted by molar-refractivity contribution is -0.118. The second-order valence-electron chi connectivity index (χ2n) is 7.45. The first-order chi connectivity index (χ1) is 14.2. The summed E-state index contributed by atoms with van der Waals surface area (Å²) in [6.07, 6.45) is 1.96. The molecule has 29 heavy (non-hydrogen) atoms. The Hall–Kier alpha value is -3.06. The molecular weight excluding hydrogens is 368 g/mol. The number of hydrogen-bond acceptors (Lipinski definition) is 4. The number of carbonyl (C=O) groups is 2. The number of nitrogens with zero attached hydrogens (tertiary/aromatic N) is 1. The minimum Gasteiger partial charge on any atom is -0.489 e. The zero-order valence-electron chi connectivity index (χ0n) is 16.3. The number of anilines is 1. The van der Waals surface area contributed by atoms with Gasteiger partial charge in [0.2, 0.25) is 0 Å². The maximum Gasteiger partial charge on any atom is 0.318 e. The first kappa shape index (κ1) is 19.3. The van der Waals surface area contributed by atoms with Crippen molar-refractivity contribution in [2.75, 3.05) is 25.0 Å². The predicted octanol–water partition coefficient (Wildman–Crippen LogP) is 2.35. The van der Waals surface area contributed by atoms with Crippen LogP contribution in [0.5, 0.6) is 5.75 Å². The van der Waals surface area contributed by atoms with Crippen molar-refractivity contribution in [1.82, 2.24) is 15.5 Å². The fourth-order valence-corrected chi connectivity index (χ4v) is 3.70. The van der Waals surface area contributed by atoms with Gasteiger partial charge in [0, 0.05) is 25.7 Å². The van der Waals surface area contributed by atoms with E-state index in [0.29, 0.717) is 24.5 Å². The van der Waals surface area contributed by atoms with Crippen molar-refractivity contribution in [3.63, 3.8) is 0 Å². The molecule has 0 aromatic heterocycles. The van der Waals surface area contributed by atoms with E-state index in [2.05, 4.69) is 28.1 Å². The van der Waals surface area contributed by atoms with Crippen molar-refractivity contribution in [1.29, 1.82) is 0 Å². The van der Waals surface area contributed by atoms with E-state index in [4.69, 9.17) is 4.74 Å². The second kappa shape index (κ2) is 8.96. The van der Waals surface area contributed by atoms with Gasteiger partial charge in [-0.3, -0.25) is 4.79 Å². The van der Waals surface area contributed by atoms with E-state index in [9.17, 15) is 9.59 Å². The average molecular weight is 394 g/mol. The standard InChI is InChI=1S/C22H26N4O3/c27-21-19(15-29-20-11-5-4-10-18(20)24-21)25-22(28)26-12-6-9-17(14-26)23-13-16-7-2-1-3-8-16/h1-5,7-8,10-11,17,19,23H,6,9,12-15H2,(H,24,27)(H,25,28)/t17?,19-/m0/s1. The van der Waals surface area contributed by atoms with Gasteiger partial charge in [-0.15, -0.1) is 0 Å². The first-order valence-electron chi connectivity index (χ1n) is 10.0. The van der Waals surface area contributed by atoms with E-state index in [-0.39, 0.29) is 24.6 Å². The van der Waals surface area contributed by atoms with Crippen LogP contribution in [0.3, 0.4) is 0 Å². The molecule has 0 spiro atoms. The smallest absolute Gasteiger partial charge is 0.318 e. The molecule has 0 bridgehead atoms. The van der Waals surface area contributed by atoms with Gasteiger partial charge in [0.1, 0.15) is 18.4 Å². The van der Waals surface area contributed by atoms with Gasteiger partial charge in [0.15, 0.2) is 0 Å². The van der Waals surface area contributed by atoms with E-state index >= 15 is 0 Å². The van der Waals surface area contributed by atoms with Crippen molar-refractivity contribution >= 4 is 17.6 Å². The SMILES string of the molecule is O=C1Nc2ccccc2OC[C@@H]1NC(=O)N1CCCC(NCc2ccccc2)C1. The van der Waals surface area contributed by atoms with Crippen molar-refractivity contribution < 1.29 is 14.3 Å². The molecule has 0 saturated carbocycles. The summed E-state index contributed by atoms with van der Waals surface area (Å²) in [5.41, 5.74) is 1.85. The third-order valence-electron chi connectivity index (χ3n) is 5.31. The Morgan fingerprint density at radius 3 is 2.79 bits per heavy atom. The van der Waals surface area contributed by atoms with Gasteiger partial charge in [-0.05, 0) is 30.5 Å². The molecule has 0 aliphatic carbocycles. The highest BCUT2D eigenvalue weighted by molar-refractivity contribution is 5.98. The summed E-state index contributed by atoms with van der Waals surface area (Å²) in [5, 5.41) is 9.18. The van der Waals surface area contributed by atoms with Crippen LogP contribution in [-0.2, 0) is 11.3 Å². The van der Waals surface area contributed by atoms with Crippen molar-refractivity contribution in [3.05, 3.63) is 60.2 Å². The van der Waals surface area contributed by atoms with Crippen LogP contribution in [0.4, 0.5) is 10.5 Å². The lowest BCUT2D eigenvalue weighted by Gasteiger charge is -2.34. The number of fused-ring (bicyclic) bond motifs is 1. The number of para-hydroxylation sites is 2. The molecule has 7 nitrogen and oxygen atoms in total. The summed E-state index contributed by atoms with van der Waals surface area (Å²) in [4.78, 5) is 27.0. The number of likely N-dealkylation sites (tertiary alicyclic amines) is 1. The van der Waals surface area contributed by atoms with Crippen molar-refractivity contribution in [2.24, 2.45) is 0 Å². The van der Waals surface area contributed by atoms with Crippen LogP contribution in [0.15, 0.2) is 54.6 Å². The van der Waals surface area contributed by atoms with Crippen LogP contribution in [0.25, 0.3) is 0 Å². The monoisotopic (exact) mass is 394 g/mol. The maximum absolute atomic E-state index is 12.8. The van der Waals surface area contributed by atoms with Crippen LogP contribution >= 0.6 is 0 Å². The summed E-state index contributed by atoms with van der Waals surface area (Å²) >= 11 is 0. The van der Waals surface area contributed by atoms with Crippen LogP contribution in [0, 0.1) is 0 Å². The number of urea groups is 1. The number of benzene rings is 2. The summed E-state index contributed by atoms with van der Waals surface area (Å²) in [7, 11) is 0. The largest absolute Gasteiger partial charge is 0.489 e. The third-order valence-corrected chi connectivity index (χ3v) is 5.31. The van der Waals surface area contributed by atoms with Gasteiger partial charge >= 0.3 is 6.03 Å². The highest BCUT2D eigenvalue weighted by atomic mass is 16.5. The topological polar surface area (TPSA) is 82.7 Å². The molecule has 0 radical (unpaired) electrons. The third kappa shape index (κ3) is 4.86. The Bertz CT molecular complexity index is 858. The lowest BCUT2D eigenvalue weighted by Crippen LogP contribution is -2.55. The normalized spacial score (nSPS) is 21.4. The van der Waals surface area contributed by atoms with Crippen LogP contribution < -0.4 is 20.7 Å².